The second kappa shape index (κ2) is 4.28. The van der Waals surface area contributed by atoms with Gasteiger partial charge in [-0.05, 0) is 48.1 Å². The summed E-state index contributed by atoms with van der Waals surface area (Å²) in [5.74, 6) is 0. The smallest absolute Gasteiger partial charge is 0.129 e. The maximum atomic E-state index is 4.18. The summed E-state index contributed by atoms with van der Waals surface area (Å²) in [5, 5.41) is 3.49. The van der Waals surface area contributed by atoms with Crippen LogP contribution < -0.4 is 5.32 Å². The Labute approximate surface area is 92.6 Å². The molecule has 1 aliphatic rings. The lowest BCUT2D eigenvalue weighted by atomic mass is 10.2. The summed E-state index contributed by atoms with van der Waals surface area (Å²) in [6, 6.07) is 4.56. The maximum Gasteiger partial charge on any atom is 0.129 e. The van der Waals surface area contributed by atoms with Gasteiger partial charge in [0.25, 0.3) is 0 Å². The molecule has 0 radical (unpaired) electrons. The van der Waals surface area contributed by atoms with E-state index in [9.17, 15) is 0 Å². The quantitative estimate of drug-likeness (QED) is 0.820. The van der Waals surface area contributed by atoms with Gasteiger partial charge in [0.2, 0.25) is 0 Å². The Balaban J connectivity index is 2.01. The minimum absolute atomic E-state index is 0.556. The number of anilines is 1. The second-order valence-electron chi connectivity index (χ2n) is 3.73. The fraction of sp³-hybridized carbons (Fsp3) is 0.500. The van der Waals surface area contributed by atoms with Gasteiger partial charge < -0.3 is 10.2 Å². The first-order chi connectivity index (χ1) is 6.75. The molecule has 1 aliphatic heterocycles. The summed E-state index contributed by atoms with van der Waals surface area (Å²) in [7, 11) is 2.15. The van der Waals surface area contributed by atoms with Gasteiger partial charge in [0.1, 0.15) is 4.60 Å². The number of nitrogens with zero attached hydrogens (tertiary/aromatic N) is 2. The van der Waals surface area contributed by atoms with Gasteiger partial charge in [-0.1, -0.05) is 0 Å². The zero-order valence-electron chi connectivity index (χ0n) is 8.20. The number of likely N-dealkylation sites (N-methyl/N-ethyl adjacent to an activating group) is 1. The van der Waals surface area contributed by atoms with Crippen molar-refractivity contribution in [1.29, 1.82) is 0 Å². The van der Waals surface area contributed by atoms with Crippen LogP contribution in [0.1, 0.15) is 6.42 Å². The van der Waals surface area contributed by atoms with Crippen molar-refractivity contribution in [2.45, 2.75) is 12.5 Å². The molecule has 3 nitrogen and oxygen atoms in total. The standard InChI is InChI=1S/C10H14BrN3/c1-14-6-4-8(7-14)13-9-3-2-5-12-10(9)11/h2-3,5,8,13H,4,6-7H2,1H3. The molecule has 0 bridgehead atoms. The number of aromatic nitrogens is 1. The molecular formula is C10H14BrN3. The molecule has 2 heterocycles. The highest BCUT2D eigenvalue weighted by Gasteiger charge is 2.19. The number of pyridine rings is 1. The van der Waals surface area contributed by atoms with Crippen LogP contribution in [0.25, 0.3) is 0 Å². The highest BCUT2D eigenvalue weighted by atomic mass is 79.9. The number of hydrogen-bond donors (Lipinski definition) is 1. The third-order valence-electron chi connectivity index (χ3n) is 2.51. The van der Waals surface area contributed by atoms with Gasteiger partial charge in [-0.15, -0.1) is 0 Å². The molecule has 0 amide bonds. The van der Waals surface area contributed by atoms with E-state index >= 15 is 0 Å². The van der Waals surface area contributed by atoms with Crippen molar-refractivity contribution in [1.82, 2.24) is 9.88 Å². The summed E-state index contributed by atoms with van der Waals surface area (Å²) in [5.41, 5.74) is 1.09. The van der Waals surface area contributed by atoms with E-state index in [-0.39, 0.29) is 0 Å². The van der Waals surface area contributed by atoms with Crippen molar-refractivity contribution in [3.8, 4) is 0 Å². The minimum Gasteiger partial charge on any atom is -0.379 e. The molecule has 1 unspecified atom stereocenters. The molecule has 1 saturated heterocycles. The highest BCUT2D eigenvalue weighted by Crippen LogP contribution is 2.21. The van der Waals surface area contributed by atoms with Crippen LogP contribution in [0.3, 0.4) is 0 Å². The van der Waals surface area contributed by atoms with Crippen molar-refractivity contribution in [2.75, 3.05) is 25.5 Å². The van der Waals surface area contributed by atoms with E-state index in [0.29, 0.717) is 6.04 Å². The zero-order chi connectivity index (χ0) is 9.97. The number of likely N-dealkylation sites (tertiary alicyclic amines) is 1. The lowest BCUT2D eigenvalue weighted by Crippen LogP contribution is -2.23. The Morgan fingerprint density at radius 1 is 1.64 bits per heavy atom. The fourth-order valence-electron chi connectivity index (χ4n) is 1.77. The minimum atomic E-state index is 0.556. The van der Waals surface area contributed by atoms with E-state index in [1.807, 2.05) is 6.07 Å². The molecule has 4 heteroatoms. The fourth-order valence-corrected chi connectivity index (χ4v) is 2.13. The van der Waals surface area contributed by atoms with Gasteiger partial charge in [0.15, 0.2) is 0 Å². The van der Waals surface area contributed by atoms with Crippen LogP contribution in [-0.4, -0.2) is 36.1 Å². The van der Waals surface area contributed by atoms with E-state index < -0.39 is 0 Å². The predicted molar refractivity (Wildman–Crippen MR) is 61.5 cm³/mol. The van der Waals surface area contributed by atoms with Gasteiger partial charge in [0.05, 0.1) is 5.69 Å². The molecule has 0 aliphatic carbocycles. The molecule has 0 aromatic carbocycles. The largest absolute Gasteiger partial charge is 0.379 e. The number of halogens is 1. The molecule has 0 spiro atoms. The van der Waals surface area contributed by atoms with E-state index in [4.69, 9.17) is 0 Å². The van der Waals surface area contributed by atoms with Crippen LogP contribution in [0.15, 0.2) is 22.9 Å². The topological polar surface area (TPSA) is 28.2 Å². The van der Waals surface area contributed by atoms with Crippen molar-refractivity contribution in [3.63, 3.8) is 0 Å². The summed E-state index contributed by atoms with van der Waals surface area (Å²) in [6.45, 7) is 2.29. The van der Waals surface area contributed by atoms with E-state index in [2.05, 4.69) is 44.2 Å². The van der Waals surface area contributed by atoms with E-state index in [1.54, 1.807) is 6.20 Å². The van der Waals surface area contributed by atoms with Crippen molar-refractivity contribution >= 4 is 21.6 Å². The average Bonchev–Trinajstić information content (AvgIpc) is 2.56. The van der Waals surface area contributed by atoms with E-state index in [1.165, 1.54) is 13.0 Å². The normalized spacial score (nSPS) is 22.6. The van der Waals surface area contributed by atoms with Crippen molar-refractivity contribution in [2.24, 2.45) is 0 Å². The Morgan fingerprint density at radius 3 is 3.14 bits per heavy atom. The third-order valence-corrected chi connectivity index (χ3v) is 3.14. The van der Waals surface area contributed by atoms with Gasteiger partial charge in [-0.3, -0.25) is 0 Å². The predicted octanol–water partition coefficient (Wildman–Crippen LogP) is 1.96. The Hall–Kier alpha value is -0.610. The summed E-state index contributed by atoms with van der Waals surface area (Å²) in [4.78, 5) is 6.52. The van der Waals surface area contributed by atoms with Crippen LogP contribution >= 0.6 is 15.9 Å². The average molecular weight is 256 g/mol. The molecule has 0 saturated carbocycles. The molecule has 1 aromatic heterocycles. The molecule has 76 valence electrons. The maximum absolute atomic E-state index is 4.18. The van der Waals surface area contributed by atoms with Crippen LogP contribution in [0, 0.1) is 0 Å². The van der Waals surface area contributed by atoms with Crippen LogP contribution in [0.5, 0.6) is 0 Å². The molecular weight excluding hydrogens is 242 g/mol. The lowest BCUT2D eigenvalue weighted by molar-refractivity contribution is 0.414. The molecule has 14 heavy (non-hydrogen) atoms. The molecule has 1 aromatic rings. The first kappa shape index (κ1) is 9.93. The van der Waals surface area contributed by atoms with Crippen molar-refractivity contribution in [3.05, 3.63) is 22.9 Å². The number of hydrogen-bond acceptors (Lipinski definition) is 3. The molecule has 1 atom stereocenters. The Bertz CT molecular complexity index is 316. The summed E-state index contributed by atoms with van der Waals surface area (Å²) < 4.78 is 0.898. The molecule has 1 N–H and O–H groups in total. The first-order valence-corrected chi connectivity index (χ1v) is 5.60. The summed E-state index contributed by atoms with van der Waals surface area (Å²) in [6.07, 6.45) is 2.99. The molecule has 2 rings (SSSR count). The van der Waals surface area contributed by atoms with Crippen LogP contribution in [0.4, 0.5) is 5.69 Å². The van der Waals surface area contributed by atoms with Gasteiger partial charge in [-0.25, -0.2) is 4.98 Å². The summed E-state index contributed by atoms with van der Waals surface area (Å²) >= 11 is 3.43. The monoisotopic (exact) mass is 255 g/mol. The van der Waals surface area contributed by atoms with Gasteiger partial charge >= 0.3 is 0 Å². The van der Waals surface area contributed by atoms with Crippen LogP contribution in [0.2, 0.25) is 0 Å². The van der Waals surface area contributed by atoms with Crippen LogP contribution in [-0.2, 0) is 0 Å². The number of nitrogens with one attached hydrogen (secondary N) is 1. The van der Waals surface area contributed by atoms with Gasteiger partial charge in [-0.2, -0.15) is 0 Å². The second-order valence-corrected chi connectivity index (χ2v) is 4.49. The Kier molecular flexibility index (Phi) is 3.03. The lowest BCUT2D eigenvalue weighted by Gasteiger charge is -2.14. The zero-order valence-corrected chi connectivity index (χ0v) is 9.79. The molecule has 1 fully saturated rings. The highest BCUT2D eigenvalue weighted by molar-refractivity contribution is 9.10. The third kappa shape index (κ3) is 2.25. The number of rotatable bonds is 2. The van der Waals surface area contributed by atoms with Gasteiger partial charge in [0, 0.05) is 18.8 Å². The van der Waals surface area contributed by atoms with E-state index in [0.717, 1.165) is 16.8 Å². The first-order valence-electron chi connectivity index (χ1n) is 4.81. The Morgan fingerprint density at radius 2 is 2.50 bits per heavy atom. The van der Waals surface area contributed by atoms with Crippen molar-refractivity contribution < 1.29 is 0 Å². The SMILES string of the molecule is CN1CCC(Nc2cccnc2Br)C1.